The largest absolute Gasteiger partial charge is 0.481 e. The van der Waals surface area contributed by atoms with E-state index in [2.05, 4.69) is 60.6 Å². The van der Waals surface area contributed by atoms with Crippen LogP contribution >= 0.6 is 0 Å². The summed E-state index contributed by atoms with van der Waals surface area (Å²) in [6.07, 6.45) is -9.71. The molecule has 0 radical (unpaired) electrons. The lowest BCUT2D eigenvalue weighted by molar-refractivity contribution is -0.356. The van der Waals surface area contributed by atoms with Gasteiger partial charge in [0.05, 0.1) is 66.6 Å². The molecule has 31 atom stereocenters. The average Bonchev–Trinajstić information content (AvgIpc) is 0.678. The van der Waals surface area contributed by atoms with Gasteiger partial charge in [-0.25, -0.2) is 0 Å². The quantitative estimate of drug-likeness (QED) is 0.0984. The van der Waals surface area contributed by atoms with Crippen LogP contribution in [0.15, 0.2) is 23.3 Å². The first kappa shape index (κ1) is 71.1. The third-order valence-corrected chi connectivity index (χ3v) is 30.6. The first-order valence-corrected chi connectivity index (χ1v) is 35.3. The van der Waals surface area contributed by atoms with Gasteiger partial charge in [0, 0.05) is 16.7 Å². The molecule has 0 amide bonds. The lowest BCUT2D eigenvalue weighted by Crippen LogP contribution is -2.71. The maximum atomic E-state index is 15.4. The predicted octanol–water partition coefficient (Wildman–Crippen LogP) is 4.71. The maximum absolute atomic E-state index is 15.4. The Bertz CT molecular complexity index is 3000. The van der Waals surface area contributed by atoms with E-state index in [-0.39, 0.29) is 49.0 Å². The number of hydrogen-bond acceptors (Lipinski definition) is 21. The van der Waals surface area contributed by atoms with Gasteiger partial charge in [0.2, 0.25) is 12.6 Å². The molecular weight excluding hydrogens is 1220 g/mol. The molecule has 0 spiro atoms. The van der Waals surface area contributed by atoms with Gasteiger partial charge < -0.3 is 94.8 Å². The van der Waals surface area contributed by atoms with E-state index < -0.39 is 201 Å². The number of carboxylic acid groups (broad SMARTS) is 1. The molecule has 22 heteroatoms. The second kappa shape index (κ2) is 23.4. The number of carbonyl (C=O) groups is 3. The third kappa shape index (κ3) is 9.81. The summed E-state index contributed by atoms with van der Waals surface area (Å²) >= 11 is 0. The van der Waals surface area contributed by atoms with Gasteiger partial charge in [-0.1, -0.05) is 99.5 Å². The van der Waals surface area contributed by atoms with Crippen LogP contribution in [0.2, 0.25) is 0 Å². The molecule has 0 aromatic heterocycles. The molecule has 3 saturated heterocycles. The van der Waals surface area contributed by atoms with Crippen molar-refractivity contribution in [3.8, 4) is 0 Å². The van der Waals surface area contributed by atoms with E-state index in [1.165, 1.54) is 0 Å². The number of rotatable bonds is 11. The van der Waals surface area contributed by atoms with Gasteiger partial charge in [0.1, 0.15) is 48.8 Å². The van der Waals surface area contributed by atoms with Crippen molar-refractivity contribution in [1.29, 1.82) is 0 Å². The highest BCUT2D eigenvalue weighted by atomic mass is 16.7. The van der Waals surface area contributed by atoms with E-state index in [1.807, 2.05) is 27.7 Å². The van der Waals surface area contributed by atoms with Crippen LogP contribution in [0.1, 0.15) is 192 Å². The molecule has 0 aromatic rings. The SMILES string of the molecule is CC(C)(CCC1(C(=O)OC2OC(CO)C(O)C(O)C2O)CCC2(C)C(=CCC3C4(C)CC(O)C(O)C(C)(C(=O)O)C4CCC32C)C1)C1OCC2(C)C(O1)C(O)CC1(C)C2CCC2(C)C1CC=C1C3C(O)C(C)(C)CCC3(C(=O)OC3OC(CO)C(O)C(O)C3O)CCC12C. The van der Waals surface area contributed by atoms with Gasteiger partial charge in [-0.3, -0.25) is 14.4 Å². The second-order valence-corrected chi connectivity index (χ2v) is 35.7. The molecule has 22 nitrogen and oxygen atoms in total. The van der Waals surface area contributed by atoms with E-state index in [9.17, 15) is 76.0 Å². The van der Waals surface area contributed by atoms with Crippen molar-refractivity contribution in [3.05, 3.63) is 23.3 Å². The van der Waals surface area contributed by atoms with E-state index in [0.717, 1.165) is 24.0 Å². The van der Waals surface area contributed by atoms with Crippen molar-refractivity contribution in [2.75, 3.05) is 19.8 Å². The average molecular weight is 1330 g/mol. The topological polar surface area (TPSA) is 370 Å². The Morgan fingerprint density at radius 2 is 1.09 bits per heavy atom. The number of hydrogen-bond donors (Lipinski definition) is 13. The van der Waals surface area contributed by atoms with Crippen molar-refractivity contribution in [1.82, 2.24) is 0 Å². The summed E-state index contributed by atoms with van der Waals surface area (Å²) in [7, 11) is 0. The summed E-state index contributed by atoms with van der Waals surface area (Å²) in [5.41, 5.74) is -6.85. The van der Waals surface area contributed by atoms with Crippen LogP contribution in [0.25, 0.3) is 0 Å². The van der Waals surface area contributed by atoms with Crippen LogP contribution in [-0.2, 0) is 42.8 Å². The molecule has 13 N–H and O–H groups in total. The zero-order valence-electron chi connectivity index (χ0n) is 57.4. The fourth-order valence-electron chi connectivity index (χ4n) is 24.1. The number of carboxylic acids is 1. The fourth-order valence-corrected chi connectivity index (χ4v) is 24.1. The van der Waals surface area contributed by atoms with Gasteiger partial charge in [-0.15, -0.1) is 0 Å². The molecular formula is C72H112O22. The van der Waals surface area contributed by atoms with Gasteiger partial charge in [0.15, 0.2) is 6.29 Å². The van der Waals surface area contributed by atoms with Crippen molar-refractivity contribution in [3.63, 3.8) is 0 Å². The minimum absolute atomic E-state index is 0.0424. The summed E-state index contributed by atoms with van der Waals surface area (Å²) in [4.78, 5) is 43.4. The summed E-state index contributed by atoms with van der Waals surface area (Å²) in [6.45, 7) is 24.3. The number of aliphatic carboxylic acids is 1. The van der Waals surface area contributed by atoms with Crippen LogP contribution < -0.4 is 0 Å². The number of allylic oxidation sites excluding steroid dienone is 3. The first-order chi connectivity index (χ1) is 43.6. The van der Waals surface area contributed by atoms with E-state index >= 15 is 4.79 Å². The maximum Gasteiger partial charge on any atom is 0.315 e. The highest BCUT2D eigenvalue weighted by Gasteiger charge is 2.75. The van der Waals surface area contributed by atoms with Crippen LogP contribution in [0.3, 0.4) is 0 Å². The standard InChI is InChI=1S/C72H112O22/c1-61(2)22-27-72(59(88)94-56-51(82)49(80)47(78)40(33-74)91-56)28-24-67(9)36(45(72)53(61)84)14-16-43-63(5)31-38(76)54-65(7,41(63)17-19-69(43,67)11)34-89-60(92-54)62(3,4)21-25-71(58(87)93-55-50(81)48(79)46(77)39(32-73)90-55)26-23-66(8)35(29-71)13-15-42-64(6)30-37(75)52(83)70(12,57(85)86)44(64)18-20-68(42,66)10/h13-14,37-56,60,73-84H,15-34H2,1-12H3,(H,85,86). The summed E-state index contributed by atoms with van der Waals surface area (Å²) in [5.74, 6) is -3.53. The Morgan fingerprint density at radius 1 is 0.564 bits per heavy atom. The zero-order chi connectivity index (χ0) is 68.8. The minimum Gasteiger partial charge on any atom is -0.481 e. The Morgan fingerprint density at radius 3 is 1.67 bits per heavy atom. The van der Waals surface area contributed by atoms with Crippen molar-refractivity contribution in [2.45, 2.75) is 290 Å². The number of aliphatic hydroxyl groups excluding tert-OH is 12. The third-order valence-electron chi connectivity index (χ3n) is 30.6. The number of carbonyl (C=O) groups excluding carboxylic acids is 2. The zero-order valence-corrected chi connectivity index (χ0v) is 57.4. The smallest absolute Gasteiger partial charge is 0.315 e. The van der Waals surface area contributed by atoms with Gasteiger partial charge in [-0.2, -0.15) is 0 Å². The van der Waals surface area contributed by atoms with Crippen molar-refractivity contribution < 1.29 is 109 Å². The monoisotopic (exact) mass is 1330 g/mol. The molecule has 9 aliphatic carbocycles. The number of esters is 2. The molecule has 10 fully saturated rings. The molecule has 31 unspecified atom stereocenters. The van der Waals surface area contributed by atoms with Gasteiger partial charge in [-0.05, 0) is 178 Å². The molecule has 0 bridgehead atoms. The van der Waals surface area contributed by atoms with Gasteiger partial charge in [0.25, 0.3) is 0 Å². The molecule has 3 aliphatic heterocycles. The Balaban J connectivity index is 0.794. The van der Waals surface area contributed by atoms with E-state index in [1.54, 1.807) is 6.92 Å². The summed E-state index contributed by atoms with van der Waals surface area (Å²) in [6, 6.07) is 0. The highest BCUT2D eigenvalue weighted by Crippen LogP contribution is 2.78. The molecule has 94 heavy (non-hydrogen) atoms. The first-order valence-electron chi connectivity index (χ1n) is 35.3. The molecule has 7 saturated carbocycles. The Hall–Kier alpha value is -2.75. The molecule has 12 aliphatic rings. The summed E-state index contributed by atoms with van der Waals surface area (Å²) < 4.78 is 37.8. The van der Waals surface area contributed by atoms with Crippen LogP contribution in [-0.4, -0.2) is 202 Å². The normalized spacial score (nSPS) is 54.4. The van der Waals surface area contributed by atoms with E-state index in [4.69, 9.17) is 28.4 Å². The van der Waals surface area contributed by atoms with Crippen LogP contribution in [0, 0.1) is 94.6 Å². The summed E-state index contributed by atoms with van der Waals surface area (Å²) in [5, 5.41) is 144. The lowest BCUT2D eigenvalue weighted by Gasteiger charge is -2.72. The second-order valence-electron chi connectivity index (χ2n) is 35.7. The lowest BCUT2D eigenvalue weighted by atomic mass is 9.33. The van der Waals surface area contributed by atoms with Gasteiger partial charge >= 0.3 is 17.9 Å². The molecule has 0 aromatic carbocycles. The van der Waals surface area contributed by atoms with Crippen LogP contribution in [0.5, 0.6) is 0 Å². The van der Waals surface area contributed by atoms with E-state index in [0.29, 0.717) is 77.0 Å². The van der Waals surface area contributed by atoms with Crippen LogP contribution in [0.4, 0.5) is 0 Å². The number of fused-ring (bicyclic) bond motifs is 14. The minimum atomic E-state index is -1.83. The predicted molar refractivity (Wildman–Crippen MR) is 335 cm³/mol. The van der Waals surface area contributed by atoms with Crippen molar-refractivity contribution >= 4 is 17.9 Å². The molecule has 532 valence electrons. The molecule has 12 rings (SSSR count). The fraction of sp³-hybridized carbons (Fsp3) is 0.903. The number of ether oxygens (including phenoxy) is 6. The Kier molecular flexibility index (Phi) is 17.7. The number of aliphatic hydroxyl groups is 12. The molecule has 3 heterocycles. The highest BCUT2D eigenvalue weighted by molar-refractivity contribution is 5.80. The van der Waals surface area contributed by atoms with Crippen molar-refractivity contribution in [2.24, 2.45) is 94.6 Å². The Labute approximate surface area is 553 Å².